The minimum absolute atomic E-state index is 0.0391. The monoisotopic (exact) mass is 242 g/mol. The van der Waals surface area contributed by atoms with Gasteiger partial charge in [0.15, 0.2) is 17.6 Å². The van der Waals surface area contributed by atoms with Crippen molar-refractivity contribution in [3.63, 3.8) is 0 Å². The number of para-hydroxylation sites is 1. The van der Waals surface area contributed by atoms with Gasteiger partial charge >= 0.3 is 0 Å². The Morgan fingerprint density at radius 2 is 1.89 bits per heavy atom. The molecule has 0 saturated heterocycles. The van der Waals surface area contributed by atoms with Crippen LogP contribution in [0, 0.1) is 0 Å². The first-order chi connectivity index (χ1) is 8.88. The summed E-state index contributed by atoms with van der Waals surface area (Å²) < 4.78 is 11.4. The molecular weight excluding hydrogens is 228 g/mol. The summed E-state index contributed by atoms with van der Waals surface area (Å²) in [5.74, 6) is 1.45. The SMILES string of the molecule is OC[C@H]1COc2cccc(-c3ccccc3)c2O1. The molecule has 2 aromatic rings. The van der Waals surface area contributed by atoms with Crippen molar-refractivity contribution in [3.05, 3.63) is 48.5 Å². The summed E-state index contributed by atoms with van der Waals surface area (Å²) in [4.78, 5) is 0. The third-order valence-corrected chi connectivity index (χ3v) is 2.98. The average molecular weight is 242 g/mol. The molecule has 0 amide bonds. The molecule has 0 aromatic heterocycles. The number of rotatable bonds is 2. The Labute approximate surface area is 106 Å². The Morgan fingerprint density at radius 1 is 1.06 bits per heavy atom. The summed E-state index contributed by atoms with van der Waals surface area (Å²) in [6.07, 6.45) is -0.289. The fourth-order valence-corrected chi connectivity index (χ4v) is 2.07. The summed E-state index contributed by atoms with van der Waals surface area (Å²) in [5.41, 5.74) is 2.07. The number of aliphatic hydroxyl groups is 1. The molecule has 1 aliphatic heterocycles. The summed E-state index contributed by atoms with van der Waals surface area (Å²) in [6.45, 7) is 0.351. The number of ether oxygens (including phenoxy) is 2. The highest BCUT2D eigenvalue weighted by atomic mass is 16.6. The number of hydrogen-bond donors (Lipinski definition) is 1. The van der Waals surface area contributed by atoms with E-state index in [9.17, 15) is 5.11 Å². The van der Waals surface area contributed by atoms with Crippen molar-refractivity contribution in [1.29, 1.82) is 0 Å². The molecule has 0 saturated carbocycles. The fourth-order valence-electron chi connectivity index (χ4n) is 2.07. The zero-order chi connectivity index (χ0) is 12.4. The van der Waals surface area contributed by atoms with E-state index in [4.69, 9.17) is 9.47 Å². The zero-order valence-corrected chi connectivity index (χ0v) is 9.87. The molecule has 92 valence electrons. The molecular formula is C15H14O3. The van der Waals surface area contributed by atoms with E-state index in [2.05, 4.69) is 0 Å². The van der Waals surface area contributed by atoms with Crippen molar-refractivity contribution >= 4 is 0 Å². The van der Waals surface area contributed by atoms with Crippen LogP contribution in [0.1, 0.15) is 0 Å². The molecule has 0 fully saturated rings. The van der Waals surface area contributed by atoms with Gasteiger partial charge in [-0.2, -0.15) is 0 Å². The van der Waals surface area contributed by atoms with Crippen LogP contribution >= 0.6 is 0 Å². The minimum atomic E-state index is -0.289. The Kier molecular flexibility index (Phi) is 2.90. The molecule has 1 atom stereocenters. The summed E-state index contributed by atoms with van der Waals surface area (Å²) in [7, 11) is 0. The second-order valence-corrected chi connectivity index (χ2v) is 4.23. The van der Waals surface area contributed by atoms with Gasteiger partial charge in [0, 0.05) is 5.56 Å². The second kappa shape index (κ2) is 4.70. The highest BCUT2D eigenvalue weighted by Crippen LogP contribution is 2.40. The molecule has 1 heterocycles. The molecule has 18 heavy (non-hydrogen) atoms. The quantitative estimate of drug-likeness (QED) is 0.879. The van der Waals surface area contributed by atoms with Crippen LogP contribution in [0.2, 0.25) is 0 Å². The zero-order valence-electron chi connectivity index (χ0n) is 9.87. The van der Waals surface area contributed by atoms with Crippen LogP contribution in [0.5, 0.6) is 11.5 Å². The molecule has 1 N–H and O–H groups in total. The van der Waals surface area contributed by atoms with Gasteiger partial charge in [0.1, 0.15) is 6.61 Å². The third-order valence-electron chi connectivity index (χ3n) is 2.98. The van der Waals surface area contributed by atoms with Gasteiger partial charge in [-0.1, -0.05) is 42.5 Å². The first-order valence-electron chi connectivity index (χ1n) is 5.97. The van der Waals surface area contributed by atoms with Gasteiger partial charge in [0.05, 0.1) is 6.61 Å². The van der Waals surface area contributed by atoms with Gasteiger partial charge in [-0.05, 0) is 11.6 Å². The minimum Gasteiger partial charge on any atom is -0.486 e. The lowest BCUT2D eigenvalue weighted by atomic mass is 10.0. The molecule has 0 spiro atoms. The first kappa shape index (κ1) is 11.1. The molecule has 0 unspecified atom stereocenters. The first-order valence-corrected chi connectivity index (χ1v) is 5.97. The molecule has 2 aromatic carbocycles. The summed E-state index contributed by atoms with van der Waals surface area (Å²) in [6, 6.07) is 15.8. The van der Waals surface area contributed by atoms with Crippen LogP contribution in [0.4, 0.5) is 0 Å². The number of hydrogen-bond acceptors (Lipinski definition) is 3. The van der Waals surface area contributed by atoms with Crippen LogP contribution in [-0.2, 0) is 0 Å². The Morgan fingerprint density at radius 3 is 2.67 bits per heavy atom. The lowest BCUT2D eigenvalue weighted by molar-refractivity contribution is 0.0462. The molecule has 0 radical (unpaired) electrons. The van der Waals surface area contributed by atoms with Gasteiger partial charge in [-0.3, -0.25) is 0 Å². The van der Waals surface area contributed by atoms with Crippen molar-refractivity contribution in [3.8, 4) is 22.6 Å². The Bertz CT molecular complexity index is 537. The van der Waals surface area contributed by atoms with Crippen LogP contribution in [-0.4, -0.2) is 24.4 Å². The third kappa shape index (κ3) is 1.93. The maximum Gasteiger partial charge on any atom is 0.169 e. The molecule has 3 heteroatoms. The van der Waals surface area contributed by atoms with Gasteiger partial charge < -0.3 is 14.6 Å². The molecule has 0 bridgehead atoms. The van der Waals surface area contributed by atoms with E-state index >= 15 is 0 Å². The summed E-state index contributed by atoms with van der Waals surface area (Å²) >= 11 is 0. The Hall–Kier alpha value is -2.00. The van der Waals surface area contributed by atoms with Crippen LogP contribution in [0.3, 0.4) is 0 Å². The predicted octanol–water partition coefficient (Wildman–Crippen LogP) is 2.49. The lowest BCUT2D eigenvalue weighted by Gasteiger charge is -2.27. The van der Waals surface area contributed by atoms with Gasteiger partial charge in [0.2, 0.25) is 0 Å². The fraction of sp³-hybridized carbons (Fsp3) is 0.200. The van der Waals surface area contributed by atoms with Crippen molar-refractivity contribution in [2.45, 2.75) is 6.10 Å². The maximum atomic E-state index is 9.17. The molecule has 3 nitrogen and oxygen atoms in total. The van der Waals surface area contributed by atoms with Crippen molar-refractivity contribution < 1.29 is 14.6 Å². The normalized spacial score (nSPS) is 17.5. The highest BCUT2D eigenvalue weighted by molar-refractivity contribution is 5.74. The lowest BCUT2D eigenvalue weighted by Crippen LogP contribution is -2.32. The standard InChI is InChI=1S/C15H14O3/c16-9-12-10-17-14-8-4-7-13(15(14)18-12)11-5-2-1-3-6-11/h1-8,12,16H,9-10H2/t12-/m0/s1. The summed E-state index contributed by atoms with van der Waals surface area (Å²) in [5, 5.41) is 9.17. The van der Waals surface area contributed by atoms with E-state index in [-0.39, 0.29) is 12.7 Å². The molecule has 3 rings (SSSR count). The van der Waals surface area contributed by atoms with E-state index in [0.29, 0.717) is 12.4 Å². The van der Waals surface area contributed by atoms with Gasteiger partial charge in [-0.25, -0.2) is 0 Å². The predicted molar refractivity (Wildman–Crippen MR) is 68.9 cm³/mol. The van der Waals surface area contributed by atoms with E-state index < -0.39 is 0 Å². The van der Waals surface area contributed by atoms with E-state index in [0.717, 1.165) is 16.9 Å². The van der Waals surface area contributed by atoms with Crippen molar-refractivity contribution in [2.75, 3.05) is 13.2 Å². The Balaban J connectivity index is 2.06. The maximum absolute atomic E-state index is 9.17. The number of fused-ring (bicyclic) bond motifs is 1. The number of aliphatic hydroxyl groups excluding tert-OH is 1. The molecule has 1 aliphatic rings. The second-order valence-electron chi connectivity index (χ2n) is 4.23. The van der Waals surface area contributed by atoms with Crippen LogP contribution in [0.15, 0.2) is 48.5 Å². The topological polar surface area (TPSA) is 38.7 Å². The van der Waals surface area contributed by atoms with Gasteiger partial charge in [0.25, 0.3) is 0 Å². The average Bonchev–Trinajstić information content (AvgIpc) is 2.47. The van der Waals surface area contributed by atoms with E-state index in [1.807, 2.05) is 48.5 Å². The number of benzene rings is 2. The van der Waals surface area contributed by atoms with Crippen molar-refractivity contribution in [2.24, 2.45) is 0 Å². The smallest absolute Gasteiger partial charge is 0.169 e. The van der Waals surface area contributed by atoms with Crippen molar-refractivity contribution in [1.82, 2.24) is 0 Å². The van der Waals surface area contributed by atoms with Gasteiger partial charge in [-0.15, -0.1) is 0 Å². The van der Waals surface area contributed by atoms with E-state index in [1.165, 1.54) is 0 Å². The highest BCUT2D eigenvalue weighted by Gasteiger charge is 2.23. The van der Waals surface area contributed by atoms with Crippen LogP contribution < -0.4 is 9.47 Å². The van der Waals surface area contributed by atoms with Crippen LogP contribution in [0.25, 0.3) is 11.1 Å². The largest absolute Gasteiger partial charge is 0.486 e. The molecule has 0 aliphatic carbocycles. The van der Waals surface area contributed by atoms with E-state index in [1.54, 1.807) is 0 Å².